The molecule has 178 valence electrons. The molecule has 1 N–H and O–H groups in total. The maximum atomic E-state index is 9.62. The van der Waals surface area contributed by atoms with E-state index < -0.39 is 0 Å². The van der Waals surface area contributed by atoms with E-state index in [-0.39, 0.29) is 0 Å². The highest BCUT2D eigenvalue weighted by Gasteiger charge is 2.64. The van der Waals surface area contributed by atoms with E-state index in [4.69, 9.17) is 0 Å². The van der Waals surface area contributed by atoms with Crippen LogP contribution in [-0.2, 0) is 0 Å². The summed E-state index contributed by atoms with van der Waals surface area (Å²) in [5, 5.41) is 9.62. The maximum Gasteiger partial charge on any atom is 0.0431 e. The van der Waals surface area contributed by atoms with E-state index in [1.54, 1.807) is 11.1 Å². The molecule has 0 aromatic carbocycles. The Morgan fingerprint density at radius 2 is 1.71 bits per heavy atom. The molecule has 1 nitrogen and oxygen atoms in total. The lowest BCUT2D eigenvalue weighted by molar-refractivity contribution is -0.184. The van der Waals surface area contributed by atoms with Crippen LogP contribution in [0.1, 0.15) is 126 Å². The van der Waals surface area contributed by atoms with Crippen LogP contribution in [0.3, 0.4) is 0 Å². The summed E-state index contributed by atoms with van der Waals surface area (Å²) in [6.45, 7) is 20.1. The molecule has 31 heavy (non-hydrogen) atoms. The summed E-state index contributed by atoms with van der Waals surface area (Å²) >= 11 is 0. The molecule has 0 saturated heterocycles. The van der Waals surface area contributed by atoms with Crippen molar-refractivity contribution in [1.29, 1.82) is 0 Å². The van der Waals surface area contributed by atoms with Gasteiger partial charge in [0.2, 0.25) is 0 Å². The second kappa shape index (κ2) is 9.00. The molecule has 0 bridgehead atoms. The zero-order valence-electron chi connectivity index (χ0n) is 22.2. The van der Waals surface area contributed by atoms with Crippen LogP contribution in [0.25, 0.3) is 0 Å². The van der Waals surface area contributed by atoms with Gasteiger partial charge in [-0.15, -0.1) is 0 Å². The van der Waals surface area contributed by atoms with Crippen molar-refractivity contribution in [2.75, 3.05) is 6.61 Å². The minimum atomic E-state index is 0.340. The Morgan fingerprint density at radius 3 is 2.32 bits per heavy atom. The summed E-state index contributed by atoms with van der Waals surface area (Å²) in [6, 6.07) is 0. The minimum Gasteiger partial charge on any atom is -0.396 e. The molecule has 0 heterocycles. The van der Waals surface area contributed by atoms with Crippen LogP contribution in [0.15, 0.2) is 22.8 Å². The lowest BCUT2D eigenvalue weighted by atomic mass is 9.36. The fraction of sp³-hybridized carbons (Fsp3) is 0.867. The number of hydrogen-bond donors (Lipinski definition) is 1. The zero-order valence-corrected chi connectivity index (χ0v) is 22.2. The van der Waals surface area contributed by atoms with E-state index in [1.165, 1.54) is 69.8 Å². The summed E-state index contributed by atoms with van der Waals surface area (Å²) in [6.07, 6.45) is 16.9. The van der Waals surface area contributed by atoms with Crippen molar-refractivity contribution < 1.29 is 5.11 Å². The van der Waals surface area contributed by atoms with E-state index >= 15 is 0 Å². The van der Waals surface area contributed by atoms with E-state index in [1.807, 2.05) is 0 Å². The fourth-order valence-corrected chi connectivity index (χ4v) is 8.77. The highest BCUT2D eigenvalue weighted by atomic mass is 16.2. The molecule has 0 aliphatic heterocycles. The van der Waals surface area contributed by atoms with Crippen molar-refractivity contribution >= 4 is 0 Å². The Bertz CT molecular complexity index is 708. The molecule has 3 aliphatic rings. The third-order valence-electron chi connectivity index (χ3n) is 10.7. The average molecular weight is 429 g/mol. The van der Waals surface area contributed by atoms with E-state index in [9.17, 15) is 5.11 Å². The van der Waals surface area contributed by atoms with Gasteiger partial charge < -0.3 is 5.11 Å². The molecular weight excluding hydrogens is 376 g/mol. The van der Waals surface area contributed by atoms with Crippen LogP contribution in [0.5, 0.6) is 0 Å². The zero-order chi connectivity index (χ0) is 23.1. The number of aliphatic hydroxyl groups is 1. The van der Waals surface area contributed by atoms with Crippen LogP contribution >= 0.6 is 0 Å². The second-order valence-corrected chi connectivity index (χ2v) is 13.3. The Morgan fingerprint density at radius 1 is 1.00 bits per heavy atom. The maximum absolute atomic E-state index is 9.62. The van der Waals surface area contributed by atoms with Gasteiger partial charge in [0.25, 0.3) is 0 Å². The van der Waals surface area contributed by atoms with Gasteiger partial charge >= 0.3 is 0 Å². The fourth-order valence-electron chi connectivity index (χ4n) is 8.77. The summed E-state index contributed by atoms with van der Waals surface area (Å²) in [5.41, 5.74) is 6.60. The molecular formula is C30H52O. The van der Waals surface area contributed by atoms with Crippen LogP contribution in [-0.4, -0.2) is 11.7 Å². The first-order valence-corrected chi connectivity index (χ1v) is 13.3. The molecule has 6 atom stereocenters. The van der Waals surface area contributed by atoms with Crippen LogP contribution in [0.4, 0.5) is 0 Å². The Labute approximate surface area is 194 Å². The smallest absolute Gasteiger partial charge is 0.0431 e. The number of rotatable bonds is 6. The van der Waals surface area contributed by atoms with Gasteiger partial charge in [-0.25, -0.2) is 0 Å². The van der Waals surface area contributed by atoms with Crippen molar-refractivity contribution in [2.45, 2.75) is 126 Å². The van der Waals surface area contributed by atoms with Crippen LogP contribution in [0.2, 0.25) is 0 Å². The number of allylic oxidation sites excluding steroid dienone is 4. The third-order valence-corrected chi connectivity index (χ3v) is 10.7. The number of fused-ring (bicyclic) bond motifs is 3. The van der Waals surface area contributed by atoms with Crippen molar-refractivity contribution in [3.63, 3.8) is 0 Å². The molecule has 0 unspecified atom stereocenters. The summed E-state index contributed by atoms with van der Waals surface area (Å²) in [4.78, 5) is 0. The molecule has 0 spiro atoms. The van der Waals surface area contributed by atoms with E-state index in [0.717, 1.165) is 12.3 Å². The van der Waals surface area contributed by atoms with Gasteiger partial charge in [0.05, 0.1) is 0 Å². The molecule has 0 amide bonds. The Balaban J connectivity index is 1.89. The number of hydrogen-bond acceptors (Lipinski definition) is 1. The molecule has 1 heteroatoms. The molecule has 0 radical (unpaired) electrons. The van der Waals surface area contributed by atoms with Crippen molar-refractivity contribution in [3.8, 4) is 0 Å². The molecule has 3 rings (SSSR count). The van der Waals surface area contributed by atoms with Gasteiger partial charge in [-0.2, -0.15) is 0 Å². The first-order chi connectivity index (χ1) is 14.4. The summed E-state index contributed by atoms with van der Waals surface area (Å²) < 4.78 is 0. The van der Waals surface area contributed by atoms with Crippen molar-refractivity contribution in [2.24, 2.45) is 33.5 Å². The topological polar surface area (TPSA) is 20.2 Å². The summed E-state index contributed by atoms with van der Waals surface area (Å²) in [5.74, 6) is 1.50. The van der Waals surface area contributed by atoms with Crippen LogP contribution in [0, 0.1) is 33.5 Å². The molecule has 0 aromatic rings. The van der Waals surface area contributed by atoms with E-state index in [0.29, 0.717) is 34.2 Å². The van der Waals surface area contributed by atoms with Gasteiger partial charge in [0.15, 0.2) is 0 Å². The van der Waals surface area contributed by atoms with Gasteiger partial charge in [-0.1, -0.05) is 50.5 Å². The van der Waals surface area contributed by atoms with Gasteiger partial charge in [-0.05, 0) is 132 Å². The molecule has 3 aliphatic carbocycles. The predicted molar refractivity (Wildman–Crippen MR) is 135 cm³/mol. The highest BCUT2D eigenvalue weighted by Crippen LogP contribution is 2.73. The van der Waals surface area contributed by atoms with Crippen molar-refractivity contribution in [1.82, 2.24) is 0 Å². The normalized spacial score (nSPS) is 42.5. The quantitative estimate of drug-likeness (QED) is 0.419. The monoisotopic (exact) mass is 428 g/mol. The molecule has 0 aromatic heterocycles. The van der Waals surface area contributed by atoms with Crippen LogP contribution < -0.4 is 0 Å². The first kappa shape index (κ1) is 25.1. The predicted octanol–water partition coefficient (Wildman–Crippen LogP) is 8.87. The minimum absolute atomic E-state index is 0.340. The van der Waals surface area contributed by atoms with Gasteiger partial charge in [0, 0.05) is 6.61 Å². The van der Waals surface area contributed by atoms with Crippen molar-refractivity contribution in [3.05, 3.63) is 22.8 Å². The lowest BCUT2D eigenvalue weighted by Gasteiger charge is -2.69. The highest BCUT2D eigenvalue weighted by molar-refractivity contribution is 5.24. The molecule has 3 fully saturated rings. The SMILES string of the molecule is CC(C)=CCC[C@]1(C)CC[C@]2(C)[C@H]3CCC(=C(C)C)[C@@H](CCCO)[C@@]3(C)CC[C@@]2(C)C1. The van der Waals surface area contributed by atoms with Gasteiger partial charge in [-0.3, -0.25) is 0 Å². The standard InChI is InChI=1S/C30H52O/c1-22(2)11-9-15-27(5)16-19-30(8)26-14-13-24(23(3)4)25(12-10-20-31)29(26,7)18-17-28(30,6)21-27/h11,25-26,31H,9-10,12-21H2,1-8H3/t25-,26+,27-,28+,29-,30-/m1/s1. The third kappa shape index (κ3) is 4.47. The summed E-state index contributed by atoms with van der Waals surface area (Å²) in [7, 11) is 0. The lowest BCUT2D eigenvalue weighted by Crippen LogP contribution is -2.60. The largest absolute Gasteiger partial charge is 0.396 e. The number of aliphatic hydroxyl groups excluding tert-OH is 1. The Kier molecular flexibility index (Phi) is 7.28. The average Bonchev–Trinajstić information content (AvgIpc) is 2.67. The van der Waals surface area contributed by atoms with Gasteiger partial charge in [0.1, 0.15) is 0 Å². The second-order valence-electron chi connectivity index (χ2n) is 13.3. The van der Waals surface area contributed by atoms with E-state index in [2.05, 4.69) is 61.5 Å². The first-order valence-electron chi connectivity index (χ1n) is 13.3. The Hall–Kier alpha value is -0.560. The molecule has 3 saturated carbocycles.